The first-order chi connectivity index (χ1) is 9.01. The van der Waals surface area contributed by atoms with Gasteiger partial charge in [0.2, 0.25) is 5.91 Å². The molecular weight excluding hydrogens is 262 g/mol. The van der Waals surface area contributed by atoms with Crippen molar-refractivity contribution in [3.63, 3.8) is 0 Å². The Kier molecular flexibility index (Phi) is 3.50. The molecule has 0 unspecified atom stereocenters. The highest BCUT2D eigenvalue weighted by Gasteiger charge is 2.12. The van der Waals surface area contributed by atoms with Crippen molar-refractivity contribution in [3.8, 4) is 17.2 Å². The topological polar surface area (TPSA) is 79.8 Å². The summed E-state index contributed by atoms with van der Waals surface area (Å²) >= 11 is 5.91. The van der Waals surface area contributed by atoms with Crippen molar-refractivity contribution in [3.05, 3.63) is 52.3 Å². The molecule has 4 nitrogen and oxygen atoms in total. The molecule has 0 radical (unpaired) electrons. The minimum atomic E-state index is -0.551. The van der Waals surface area contributed by atoms with Gasteiger partial charge in [-0.05, 0) is 48.4 Å². The second-order valence-corrected chi connectivity index (χ2v) is 4.44. The van der Waals surface area contributed by atoms with Crippen molar-refractivity contribution in [1.82, 2.24) is 4.98 Å². The van der Waals surface area contributed by atoms with Crippen molar-refractivity contribution in [1.29, 1.82) is 5.26 Å². The first-order valence-corrected chi connectivity index (χ1v) is 5.87. The molecule has 1 amide bonds. The third-order valence-corrected chi connectivity index (χ3v) is 2.84. The number of aromatic nitrogens is 1. The average Bonchev–Trinajstić information content (AvgIpc) is 2.36. The van der Waals surface area contributed by atoms with E-state index in [0.29, 0.717) is 27.4 Å². The number of amides is 1. The monoisotopic (exact) mass is 271 g/mol. The molecule has 5 heteroatoms. The summed E-state index contributed by atoms with van der Waals surface area (Å²) in [7, 11) is 0. The third-order valence-electron chi connectivity index (χ3n) is 2.65. The van der Waals surface area contributed by atoms with Gasteiger partial charge in [0, 0.05) is 11.3 Å². The lowest BCUT2D eigenvalue weighted by Gasteiger charge is -2.08. The molecule has 2 rings (SSSR count). The highest BCUT2D eigenvalue weighted by molar-refractivity contribution is 6.29. The number of benzene rings is 1. The number of hydrogen-bond donors (Lipinski definition) is 1. The van der Waals surface area contributed by atoms with Crippen LogP contribution in [0.2, 0.25) is 5.15 Å². The van der Waals surface area contributed by atoms with Crippen LogP contribution in [0.1, 0.15) is 21.6 Å². The summed E-state index contributed by atoms with van der Waals surface area (Å²) in [5.74, 6) is -0.551. The standard InChI is InChI=1S/C14H10ClN3O/c1-8-4-10(6-13(15)18-8)12-5-9(7-16)2-3-11(12)14(17)19/h2-6H,1H3,(H2,17,19). The zero-order chi connectivity index (χ0) is 14.0. The molecule has 19 heavy (non-hydrogen) atoms. The Hall–Kier alpha value is -2.38. The van der Waals surface area contributed by atoms with E-state index in [9.17, 15) is 4.79 Å². The smallest absolute Gasteiger partial charge is 0.249 e. The Morgan fingerprint density at radius 3 is 2.68 bits per heavy atom. The highest BCUT2D eigenvalue weighted by atomic mass is 35.5. The maximum Gasteiger partial charge on any atom is 0.249 e. The number of aryl methyl sites for hydroxylation is 1. The second-order valence-electron chi connectivity index (χ2n) is 4.06. The molecule has 0 spiro atoms. The number of nitrogens with zero attached hydrogens (tertiary/aromatic N) is 2. The number of halogens is 1. The minimum Gasteiger partial charge on any atom is -0.366 e. The van der Waals surface area contributed by atoms with Gasteiger partial charge in [0.05, 0.1) is 11.6 Å². The van der Waals surface area contributed by atoms with Crippen LogP contribution in [0, 0.1) is 18.3 Å². The lowest BCUT2D eigenvalue weighted by molar-refractivity contribution is 0.100. The average molecular weight is 272 g/mol. The predicted octanol–water partition coefficient (Wildman–Crippen LogP) is 2.68. The Morgan fingerprint density at radius 2 is 2.11 bits per heavy atom. The predicted molar refractivity (Wildman–Crippen MR) is 72.7 cm³/mol. The number of primary amides is 1. The van der Waals surface area contributed by atoms with Crippen LogP contribution in [0.4, 0.5) is 0 Å². The van der Waals surface area contributed by atoms with E-state index in [-0.39, 0.29) is 0 Å². The molecule has 1 aromatic carbocycles. The van der Waals surface area contributed by atoms with Crippen LogP contribution in [-0.2, 0) is 0 Å². The van der Waals surface area contributed by atoms with Crippen molar-refractivity contribution >= 4 is 17.5 Å². The summed E-state index contributed by atoms with van der Waals surface area (Å²) in [4.78, 5) is 15.5. The zero-order valence-electron chi connectivity index (χ0n) is 10.1. The maximum atomic E-state index is 11.5. The van der Waals surface area contributed by atoms with Crippen molar-refractivity contribution in [2.45, 2.75) is 6.92 Å². The normalized spacial score (nSPS) is 9.95. The minimum absolute atomic E-state index is 0.327. The molecule has 1 aromatic heterocycles. The molecule has 0 aliphatic rings. The first-order valence-electron chi connectivity index (χ1n) is 5.50. The maximum absolute atomic E-state index is 11.5. The molecular formula is C14H10ClN3O. The van der Waals surface area contributed by atoms with Gasteiger partial charge >= 0.3 is 0 Å². The molecule has 0 atom stereocenters. The third kappa shape index (κ3) is 2.72. The van der Waals surface area contributed by atoms with Crippen LogP contribution in [0.3, 0.4) is 0 Å². The number of rotatable bonds is 2. The number of nitriles is 1. The molecule has 2 N–H and O–H groups in total. The van der Waals surface area contributed by atoms with E-state index in [1.165, 1.54) is 0 Å². The number of pyridine rings is 1. The molecule has 0 aliphatic heterocycles. The van der Waals surface area contributed by atoms with Crippen LogP contribution in [0.25, 0.3) is 11.1 Å². The summed E-state index contributed by atoms with van der Waals surface area (Å²) in [6.07, 6.45) is 0. The van der Waals surface area contributed by atoms with E-state index in [2.05, 4.69) is 4.98 Å². The van der Waals surface area contributed by atoms with Gasteiger partial charge in [0.25, 0.3) is 0 Å². The van der Waals surface area contributed by atoms with Gasteiger partial charge in [-0.1, -0.05) is 11.6 Å². The fourth-order valence-corrected chi connectivity index (χ4v) is 2.10. The first kappa shape index (κ1) is 13.1. The van der Waals surface area contributed by atoms with Gasteiger partial charge in [-0.15, -0.1) is 0 Å². The van der Waals surface area contributed by atoms with Gasteiger partial charge in [-0.2, -0.15) is 5.26 Å². The molecule has 0 saturated heterocycles. The van der Waals surface area contributed by atoms with Crippen molar-refractivity contribution in [2.24, 2.45) is 5.73 Å². The molecule has 0 bridgehead atoms. The molecule has 0 aliphatic carbocycles. The SMILES string of the molecule is Cc1cc(-c2cc(C#N)ccc2C(N)=O)cc(Cl)n1. The van der Waals surface area contributed by atoms with E-state index >= 15 is 0 Å². The number of hydrogen-bond acceptors (Lipinski definition) is 3. The molecule has 0 saturated carbocycles. The Balaban J connectivity index is 2.72. The lowest BCUT2D eigenvalue weighted by Crippen LogP contribution is -2.12. The highest BCUT2D eigenvalue weighted by Crippen LogP contribution is 2.27. The molecule has 1 heterocycles. The van der Waals surface area contributed by atoms with Crippen LogP contribution in [-0.4, -0.2) is 10.9 Å². The van der Waals surface area contributed by atoms with E-state index < -0.39 is 5.91 Å². The summed E-state index contributed by atoms with van der Waals surface area (Å²) in [6, 6.07) is 10.2. The zero-order valence-corrected chi connectivity index (χ0v) is 10.9. The van der Waals surface area contributed by atoms with E-state index in [1.54, 1.807) is 37.3 Å². The molecule has 94 valence electrons. The quantitative estimate of drug-likeness (QED) is 0.853. The van der Waals surface area contributed by atoms with Crippen LogP contribution in [0.15, 0.2) is 30.3 Å². The van der Waals surface area contributed by atoms with Gasteiger partial charge < -0.3 is 5.73 Å². The second kappa shape index (κ2) is 5.09. The lowest BCUT2D eigenvalue weighted by atomic mass is 9.97. The van der Waals surface area contributed by atoms with Gasteiger partial charge in [0.1, 0.15) is 5.15 Å². The van der Waals surface area contributed by atoms with Crippen molar-refractivity contribution < 1.29 is 4.79 Å². The summed E-state index contributed by atoms with van der Waals surface area (Å²) in [5.41, 5.74) is 8.16. The Bertz CT molecular complexity index is 684. The largest absolute Gasteiger partial charge is 0.366 e. The van der Waals surface area contributed by atoms with E-state index in [0.717, 1.165) is 5.69 Å². The van der Waals surface area contributed by atoms with Gasteiger partial charge in [-0.25, -0.2) is 4.98 Å². The summed E-state index contributed by atoms with van der Waals surface area (Å²) in [5, 5.41) is 9.27. The summed E-state index contributed by atoms with van der Waals surface area (Å²) < 4.78 is 0. The molecule has 2 aromatic rings. The Morgan fingerprint density at radius 1 is 1.37 bits per heavy atom. The fourth-order valence-electron chi connectivity index (χ4n) is 1.85. The number of carbonyl (C=O) groups excluding carboxylic acids is 1. The van der Waals surface area contributed by atoms with Crippen LogP contribution >= 0.6 is 11.6 Å². The van der Waals surface area contributed by atoms with E-state index in [4.69, 9.17) is 22.6 Å². The number of nitrogens with two attached hydrogens (primary N) is 1. The number of carbonyl (C=O) groups is 1. The van der Waals surface area contributed by atoms with Gasteiger partial charge in [-0.3, -0.25) is 4.79 Å². The van der Waals surface area contributed by atoms with Crippen LogP contribution < -0.4 is 5.73 Å². The van der Waals surface area contributed by atoms with Crippen molar-refractivity contribution in [2.75, 3.05) is 0 Å². The van der Waals surface area contributed by atoms with Crippen LogP contribution in [0.5, 0.6) is 0 Å². The van der Waals surface area contributed by atoms with E-state index in [1.807, 2.05) is 6.07 Å². The summed E-state index contributed by atoms with van der Waals surface area (Å²) in [6.45, 7) is 1.80. The fraction of sp³-hybridized carbons (Fsp3) is 0.0714. The molecule has 0 fully saturated rings. The van der Waals surface area contributed by atoms with Gasteiger partial charge in [0.15, 0.2) is 0 Å². The Labute approximate surface area is 115 Å².